The average Bonchev–Trinajstić information content (AvgIpc) is 2.51. The van der Waals surface area contributed by atoms with E-state index >= 15 is 0 Å². The number of hydrogen-bond donors (Lipinski definition) is 1. The van der Waals surface area contributed by atoms with E-state index in [1.807, 2.05) is 0 Å². The first-order chi connectivity index (χ1) is 6.72. The van der Waals surface area contributed by atoms with Crippen molar-refractivity contribution < 1.29 is 9.50 Å². The van der Waals surface area contributed by atoms with Crippen LogP contribution in [0.3, 0.4) is 0 Å². The lowest BCUT2D eigenvalue weighted by atomic mass is 10.3. The summed E-state index contributed by atoms with van der Waals surface area (Å²) in [7, 11) is 0. The number of halogens is 2. The lowest BCUT2D eigenvalue weighted by Crippen LogP contribution is -2.03. The van der Waals surface area contributed by atoms with Crippen molar-refractivity contribution in [3.8, 4) is 0 Å². The average molecular weight is 216 g/mol. The van der Waals surface area contributed by atoms with Crippen molar-refractivity contribution >= 4 is 22.6 Å². The molecule has 0 fully saturated rings. The number of rotatable bonds is 2. The first-order valence-corrected chi connectivity index (χ1v) is 4.39. The maximum Gasteiger partial charge on any atom is 0.144 e. The molecule has 74 valence electrons. The highest BCUT2D eigenvalue weighted by Crippen LogP contribution is 2.20. The molecule has 6 heteroatoms. The minimum atomic E-state index is -0.518. The fourth-order valence-electron chi connectivity index (χ4n) is 1.22. The molecule has 0 amide bonds. The highest BCUT2D eigenvalue weighted by molar-refractivity contribution is 6.31. The van der Waals surface area contributed by atoms with Gasteiger partial charge in [-0.15, -0.1) is 5.10 Å². The zero-order valence-corrected chi connectivity index (χ0v) is 7.87. The zero-order valence-electron chi connectivity index (χ0n) is 7.11. The number of aliphatic hydroxyl groups excluding tert-OH is 1. The molecule has 4 nitrogen and oxygen atoms in total. The van der Waals surface area contributed by atoms with Crippen molar-refractivity contribution in [2.75, 3.05) is 6.61 Å². The molecule has 0 radical (unpaired) electrons. The Hall–Kier alpha value is -1.20. The Labute approximate surface area is 83.9 Å². The zero-order chi connectivity index (χ0) is 10.1. The Morgan fingerprint density at radius 1 is 1.50 bits per heavy atom. The predicted molar refractivity (Wildman–Crippen MR) is 49.6 cm³/mol. The number of benzene rings is 1. The molecule has 1 heterocycles. The summed E-state index contributed by atoms with van der Waals surface area (Å²) in [5, 5.41) is 16.2. The van der Waals surface area contributed by atoms with Crippen LogP contribution in [-0.4, -0.2) is 26.7 Å². The lowest BCUT2D eigenvalue weighted by molar-refractivity contribution is 0.270. The number of aromatic nitrogens is 3. The summed E-state index contributed by atoms with van der Waals surface area (Å²) in [6.07, 6.45) is 0. The molecule has 0 atom stereocenters. The van der Waals surface area contributed by atoms with Gasteiger partial charge in [-0.05, 0) is 6.07 Å². The molecule has 0 saturated heterocycles. The lowest BCUT2D eigenvalue weighted by Gasteiger charge is -1.98. The van der Waals surface area contributed by atoms with Crippen LogP contribution < -0.4 is 0 Å². The van der Waals surface area contributed by atoms with Crippen LogP contribution in [0.15, 0.2) is 12.1 Å². The molecule has 0 aliphatic rings. The van der Waals surface area contributed by atoms with Gasteiger partial charge in [-0.3, -0.25) is 0 Å². The summed E-state index contributed by atoms with van der Waals surface area (Å²) in [6, 6.07) is 2.67. The molecule has 0 bridgehead atoms. The second-order valence-corrected chi connectivity index (χ2v) is 3.20. The first kappa shape index (κ1) is 9.36. The predicted octanol–water partition coefficient (Wildman–Crippen LogP) is 1.22. The van der Waals surface area contributed by atoms with E-state index in [2.05, 4.69) is 10.3 Å². The third-order valence-corrected chi connectivity index (χ3v) is 2.16. The van der Waals surface area contributed by atoms with Gasteiger partial charge in [0, 0.05) is 6.07 Å². The minimum Gasteiger partial charge on any atom is -0.394 e. The molecule has 0 spiro atoms. The van der Waals surface area contributed by atoms with Gasteiger partial charge >= 0.3 is 0 Å². The van der Waals surface area contributed by atoms with Crippen LogP contribution in [0.1, 0.15) is 0 Å². The van der Waals surface area contributed by atoms with Crippen LogP contribution >= 0.6 is 11.6 Å². The van der Waals surface area contributed by atoms with Gasteiger partial charge in [0.15, 0.2) is 0 Å². The maximum atomic E-state index is 13.0. The van der Waals surface area contributed by atoms with Gasteiger partial charge in [0.1, 0.15) is 11.3 Å². The highest BCUT2D eigenvalue weighted by atomic mass is 35.5. The van der Waals surface area contributed by atoms with E-state index in [9.17, 15) is 4.39 Å². The summed E-state index contributed by atoms with van der Waals surface area (Å²) in [5.74, 6) is -0.518. The topological polar surface area (TPSA) is 50.9 Å². The van der Waals surface area contributed by atoms with Gasteiger partial charge < -0.3 is 5.11 Å². The molecule has 1 N–H and O–H groups in total. The third-order valence-electron chi connectivity index (χ3n) is 1.87. The van der Waals surface area contributed by atoms with E-state index in [4.69, 9.17) is 16.7 Å². The minimum absolute atomic E-state index is 0.0268. The quantitative estimate of drug-likeness (QED) is 0.820. The standard InChI is InChI=1S/C8H7ClFN3O/c9-5-3-8-7(4-6(5)10)11-12-13(8)1-2-14/h3-4,14H,1-2H2. The number of aliphatic hydroxyl groups is 1. The summed E-state index contributed by atoms with van der Waals surface area (Å²) in [5.41, 5.74) is 1.05. The molecule has 2 rings (SSSR count). The second kappa shape index (κ2) is 3.51. The van der Waals surface area contributed by atoms with Crippen molar-refractivity contribution in [3.05, 3.63) is 23.0 Å². The first-order valence-electron chi connectivity index (χ1n) is 4.01. The summed E-state index contributed by atoms with van der Waals surface area (Å²) in [4.78, 5) is 0. The molecule has 0 aliphatic carbocycles. The maximum absolute atomic E-state index is 13.0. The summed E-state index contributed by atoms with van der Waals surface area (Å²) < 4.78 is 14.5. The molecule has 2 aromatic rings. The fraction of sp³-hybridized carbons (Fsp3) is 0.250. The highest BCUT2D eigenvalue weighted by Gasteiger charge is 2.08. The molecular weight excluding hydrogens is 209 g/mol. The Bertz CT molecular complexity index is 471. The van der Waals surface area contributed by atoms with E-state index in [1.165, 1.54) is 16.8 Å². The molecular formula is C8H7ClFN3O. The van der Waals surface area contributed by atoms with Gasteiger partial charge in [0.25, 0.3) is 0 Å². The smallest absolute Gasteiger partial charge is 0.144 e. The number of nitrogens with zero attached hydrogens (tertiary/aromatic N) is 3. The van der Waals surface area contributed by atoms with E-state index in [0.717, 1.165) is 0 Å². The molecule has 0 saturated carbocycles. The second-order valence-electron chi connectivity index (χ2n) is 2.79. The molecule has 0 unspecified atom stereocenters. The Kier molecular flexibility index (Phi) is 2.35. The Balaban J connectivity index is 2.61. The van der Waals surface area contributed by atoms with Crippen LogP contribution in [0, 0.1) is 5.82 Å². The van der Waals surface area contributed by atoms with Gasteiger partial charge in [-0.25, -0.2) is 9.07 Å². The van der Waals surface area contributed by atoms with E-state index in [0.29, 0.717) is 17.6 Å². The van der Waals surface area contributed by atoms with E-state index in [1.54, 1.807) is 0 Å². The Morgan fingerprint density at radius 2 is 2.29 bits per heavy atom. The number of hydrogen-bond acceptors (Lipinski definition) is 3. The van der Waals surface area contributed by atoms with Crippen LogP contribution in [-0.2, 0) is 6.54 Å². The molecule has 0 aliphatic heterocycles. The van der Waals surface area contributed by atoms with Gasteiger partial charge in [-0.2, -0.15) is 0 Å². The summed E-state index contributed by atoms with van der Waals surface area (Å²) >= 11 is 5.61. The van der Waals surface area contributed by atoms with Crippen LogP contribution in [0.5, 0.6) is 0 Å². The third kappa shape index (κ3) is 1.44. The van der Waals surface area contributed by atoms with Gasteiger partial charge in [0.05, 0.1) is 23.7 Å². The van der Waals surface area contributed by atoms with Crippen molar-refractivity contribution in [2.24, 2.45) is 0 Å². The van der Waals surface area contributed by atoms with Crippen LogP contribution in [0.2, 0.25) is 5.02 Å². The van der Waals surface area contributed by atoms with Crippen molar-refractivity contribution in [3.63, 3.8) is 0 Å². The van der Waals surface area contributed by atoms with E-state index in [-0.39, 0.29) is 11.6 Å². The molecule has 1 aromatic carbocycles. The monoisotopic (exact) mass is 215 g/mol. The van der Waals surface area contributed by atoms with Crippen LogP contribution in [0.25, 0.3) is 11.0 Å². The SMILES string of the molecule is OCCn1nnc2cc(F)c(Cl)cc21. The van der Waals surface area contributed by atoms with Crippen molar-refractivity contribution in [1.29, 1.82) is 0 Å². The van der Waals surface area contributed by atoms with E-state index < -0.39 is 5.82 Å². The van der Waals surface area contributed by atoms with Gasteiger partial charge in [0.2, 0.25) is 0 Å². The van der Waals surface area contributed by atoms with Crippen molar-refractivity contribution in [1.82, 2.24) is 15.0 Å². The fourth-order valence-corrected chi connectivity index (χ4v) is 1.38. The normalized spacial score (nSPS) is 11.1. The van der Waals surface area contributed by atoms with Crippen LogP contribution in [0.4, 0.5) is 4.39 Å². The Morgan fingerprint density at radius 3 is 3.00 bits per heavy atom. The van der Waals surface area contributed by atoms with Gasteiger partial charge in [-0.1, -0.05) is 16.8 Å². The molecule has 14 heavy (non-hydrogen) atoms. The summed E-state index contributed by atoms with van der Waals surface area (Å²) in [6.45, 7) is 0.270. The number of fused-ring (bicyclic) bond motifs is 1. The largest absolute Gasteiger partial charge is 0.394 e. The van der Waals surface area contributed by atoms with Crippen molar-refractivity contribution in [2.45, 2.75) is 6.54 Å². The molecule has 1 aromatic heterocycles.